The van der Waals surface area contributed by atoms with Crippen LogP contribution in [0.2, 0.25) is 0 Å². The van der Waals surface area contributed by atoms with Crippen LogP contribution in [0.25, 0.3) is 0 Å². The van der Waals surface area contributed by atoms with E-state index in [1.54, 1.807) is 42.5 Å². The topological polar surface area (TPSA) is 49.9 Å². The fourth-order valence-electron chi connectivity index (χ4n) is 4.12. The molecule has 2 fully saturated rings. The van der Waals surface area contributed by atoms with Gasteiger partial charge in [-0.2, -0.15) is 0 Å². The molecule has 156 valence electrons. The molecule has 5 nitrogen and oxygen atoms in total. The molecular weight excluding hydrogens is 470 g/mol. The van der Waals surface area contributed by atoms with Crippen molar-refractivity contribution >= 4 is 39.1 Å². The molecule has 0 spiro atoms. The van der Waals surface area contributed by atoms with Crippen LogP contribution in [-0.2, 0) is 14.4 Å². The van der Waals surface area contributed by atoms with Crippen molar-refractivity contribution in [1.82, 2.24) is 0 Å². The number of hydrogen-bond acceptors (Lipinski definition) is 4. The maximum absolute atomic E-state index is 14.4. The van der Waals surface area contributed by atoms with E-state index >= 15 is 0 Å². The number of nitrogens with zero attached hydrogens (tertiary/aromatic N) is 2. The van der Waals surface area contributed by atoms with E-state index in [0.29, 0.717) is 11.3 Å². The Labute approximate surface area is 184 Å². The lowest BCUT2D eigenvalue weighted by atomic mass is 9.90. The molecule has 0 aliphatic carbocycles. The van der Waals surface area contributed by atoms with Crippen LogP contribution in [0, 0.1) is 17.6 Å². The van der Waals surface area contributed by atoms with Crippen molar-refractivity contribution < 1.29 is 23.2 Å². The van der Waals surface area contributed by atoms with Crippen LogP contribution in [0.5, 0.6) is 0 Å². The summed E-state index contributed by atoms with van der Waals surface area (Å²) < 4.78 is 28.5. The van der Waals surface area contributed by atoms with Crippen LogP contribution in [0.3, 0.4) is 0 Å². The van der Waals surface area contributed by atoms with Gasteiger partial charge in [0.2, 0.25) is 5.91 Å². The zero-order valence-corrected chi connectivity index (χ0v) is 17.5. The molecule has 3 atom stereocenters. The van der Waals surface area contributed by atoms with Crippen molar-refractivity contribution in [3.63, 3.8) is 0 Å². The average Bonchev–Trinajstić information content (AvgIpc) is 3.28. The molecule has 3 aromatic rings. The predicted molar refractivity (Wildman–Crippen MR) is 113 cm³/mol. The number of carbonyl (C=O) groups is 2. The van der Waals surface area contributed by atoms with Gasteiger partial charge in [-0.05, 0) is 57.9 Å². The maximum atomic E-state index is 14.4. The highest BCUT2D eigenvalue weighted by atomic mass is 79.9. The summed E-state index contributed by atoms with van der Waals surface area (Å²) in [6.45, 7) is 0. The summed E-state index contributed by atoms with van der Waals surface area (Å²) in [6.07, 6.45) is -1.12. The molecule has 5 rings (SSSR count). The van der Waals surface area contributed by atoms with E-state index in [-0.39, 0.29) is 10.2 Å². The van der Waals surface area contributed by atoms with Crippen LogP contribution in [0.4, 0.5) is 20.2 Å². The molecule has 3 aromatic carbocycles. The molecule has 0 aromatic heterocycles. The highest BCUT2D eigenvalue weighted by Crippen LogP contribution is 2.48. The Morgan fingerprint density at radius 2 is 1.55 bits per heavy atom. The summed E-state index contributed by atoms with van der Waals surface area (Å²) in [7, 11) is 0. The summed E-state index contributed by atoms with van der Waals surface area (Å²) in [5.74, 6) is -3.25. The van der Waals surface area contributed by atoms with Gasteiger partial charge in [0, 0.05) is 0 Å². The van der Waals surface area contributed by atoms with Crippen molar-refractivity contribution in [1.29, 1.82) is 0 Å². The standard InChI is InChI=1S/C23H15BrF2N2O3/c24-15-12-13(10-11-16(15)25)20-19-21(31-28(20)14-6-2-1-3-7-14)23(30)27(22(19)29)18-9-5-4-8-17(18)26/h1-12,19-21H/t19-,20+,21-/m0/s1. The van der Waals surface area contributed by atoms with E-state index in [1.165, 1.54) is 29.3 Å². The molecule has 2 aliphatic rings. The third kappa shape index (κ3) is 3.14. The van der Waals surface area contributed by atoms with E-state index in [2.05, 4.69) is 15.9 Å². The second-order valence-corrected chi connectivity index (χ2v) is 8.15. The molecule has 2 heterocycles. The Morgan fingerprint density at radius 1 is 0.839 bits per heavy atom. The molecule has 2 aliphatic heterocycles. The number of para-hydroxylation sites is 2. The fraction of sp³-hybridized carbons (Fsp3) is 0.130. The smallest absolute Gasteiger partial charge is 0.266 e. The largest absolute Gasteiger partial charge is 0.273 e. The molecular formula is C23H15BrF2N2O3. The van der Waals surface area contributed by atoms with E-state index in [1.807, 2.05) is 6.07 Å². The number of carbonyl (C=O) groups excluding carboxylic acids is 2. The number of rotatable bonds is 3. The van der Waals surface area contributed by atoms with Gasteiger partial charge in [0.1, 0.15) is 17.6 Å². The van der Waals surface area contributed by atoms with E-state index < -0.39 is 41.5 Å². The molecule has 0 N–H and O–H groups in total. The molecule has 0 radical (unpaired) electrons. The van der Waals surface area contributed by atoms with E-state index in [0.717, 1.165) is 4.90 Å². The molecule has 2 amide bonds. The van der Waals surface area contributed by atoms with Gasteiger partial charge in [-0.15, -0.1) is 0 Å². The zero-order chi connectivity index (χ0) is 21.7. The lowest BCUT2D eigenvalue weighted by Gasteiger charge is -2.29. The second kappa shape index (κ2) is 7.55. The summed E-state index contributed by atoms with van der Waals surface area (Å²) in [5, 5.41) is 1.50. The number of hydroxylamine groups is 1. The number of benzene rings is 3. The van der Waals surface area contributed by atoms with Crippen LogP contribution < -0.4 is 9.96 Å². The predicted octanol–water partition coefficient (Wildman–Crippen LogP) is 4.78. The first-order valence-electron chi connectivity index (χ1n) is 9.55. The normalized spacial score (nSPS) is 22.9. The monoisotopic (exact) mass is 484 g/mol. The highest BCUT2D eigenvalue weighted by Gasteiger charge is 2.60. The van der Waals surface area contributed by atoms with Gasteiger partial charge in [0.05, 0.1) is 21.9 Å². The number of anilines is 2. The summed E-state index contributed by atoms with van der Waals surface area (Å²) >= 11 is 3.18. The highest BCUT2D eigenvalue weighted by molar-refractivity contribution is 9.10. The van der Waals surface area contributed by atoms with Crippen molar-refractivity contribution in [2.75, 3.05) is 9.96 Å². The number of amides is 2. The molecule has 0 unspecified atom stereocenters. The zero-order valence-electron chi connectivity index (χ0n) is 15.9. The third-order valence-electron chi connectivity index (χ3n) is 5.50. The Morgan fingerprint density at radius 3 is 2.26 bits per heavy atom. The van der Waals surface area contributed by atoms with Crippen LogP contribution >= 0.6 is 15.9 Å². The quantitative estimate of drug-likeness (QED) is 0.502. The number of hydrogen-bond donors (Lipinski definition) is 0. The Bertz CT molecular complexity index is 1190. The van der Waals surface area contributed by atoms with E-state index in [4.69, 9.17) is 4.84 Å². The van der Waals surface area contributed by atoms with Crippen LogP contribution in [0.15, 0.2) is 77.3 Å². The number of imide groups is 1. The van der Waals surface area contributed by atoms with Crippen LogP contribution in [0.1, 0.15) is 11.6 Å². The number of fused-ring (bicyclic) bond motifs is 1. The summed E-state index contributed by atoms with van der Waals surface area (Å²) in [5.41, 5.74) is 1.11. The second-order valence-electron chi connectivity index (χ2n) is 7.29. The minimum absolute atomic E-state index is 0.110. The molecule has 31 heavy (non-hydrogen) atoms. The minimum atomic E-state index is -1.12. The van der Waals surface area contributed by atoms with Gasteiger partial charge in [0.25, 0.3) is 5.91 Å². The van der Waals surface area contributed by atoms with Crippen molar-refractivity contribution in [3.8, 4) is 0 Å². The minimum Gasteiger partial charge on any atom is -0.273 e. The first-order valence-corrected chi connectivity index (χ1v) is 10.3. The van der Waals surface area contributed by atoms with Gasteiger partial charge in [-0.1, -0.05) is 36.4 Å². The maximum Gasteiger partial charge on any atom is 0.266 e. The average molecular weight is 485 g/mol. The van der Waals surface area contributed by atoms with Gasteiger partial charge in [-0.3, -0.25) is 14.4 Å². The first-order chi connectivity index (χ1) is 15.0. The number of halogens is 3. The molecule has 0 saturated carbocycles. The fourth-order valence-corrected chi connectivity index (χ4v) is 4.52. The van der Waals surface area contributed by atoms with Crippen molar-refractivity contribution in [2.45, 2.75) is 12.1 Å². The third-order valence-corrected chi connectivity index (χ3v) is 6.11. The SMILES string of the molecule is O=C1[C@@H]2[C@H](ON(c3ccccc3)[C@@H]2c2ccc(F)c(Br)c2)C(=O)N1c1ccccc1F. The molecule has 8 heteroatoms. The Kier molecular flexibility index (Phi) is 4.83. The molecule has 2 saturated heterocycles. The lowest BCUT2D eigenvalue weighted by Crippen LogP contribution is -2.37. The van der Waals surface area contributed by atoms with Crippen molar-refractivity contribution in [3.05, 3.63) is 94.5 Å². The Balaban J connectivity index is 1.62. The lowest BCUT2D eigenvalue weighted by molar-refractivity contribution is -0.126. The summed E-state index contributed by atoms with van der Waals surface area (Å²) in [6, 6.07) is 18.3. The van der Waals surface area contributed by atoms with E-state index in [9.17, 15) is 18.4 Å². The van der Waals surface area contributed by atoms with Gasteiger partial charge < -0.3 is 0 Å². The van der Waals surface area contributed by atoms with Gasteiger partial charge in [0.15, 0.2) is 6.10 Å². The first kappa shape index (κ1) is 19.8. The van der Waals surface area contributed by atoms with Crippen molar-refractivity contribution in [2.24, 2.45) is 5.92 Å². The van der Waals surface area contributed by atoms with Gasteiger partial charge in [-0.25, -0.2) is 18.7 Å². The molecule has 0 bridgehead atoms. The van der Waals surface area contributed by atoms with Crippen LogP contribution in [-0.4, -0.2) is 17.9 Å². The van der Waals surface area contributed by atoms with Gasteiger partial charge >= 0.3 is 0 Å². The Hall–Kier alpha value is -3.10. The summed E-state index contributed by atoms with van der Waals surface area (Å²) in [4.78, 5) is 33.4.